The number of hydrogen-bond donors (Lipinski definition) is 3. The normalized spacial score (nSPS) is 10.7. The van der Waals surface area contributed by atoms with Crippen molar-refractivity contribution in [3.05, 3.63) is 57.6 Å². The molecule has 0 bridgehead atoms. The van der Waals surface area contributed by atoms with Crippen molar-refractivity contribution in [2.24, 2.45) is 5.10 Å². The fraction of sp³-hybridized carbons (Fsp3) is 0.125. The van der Waals surface area contributed by atoms with Crippen LogP contribution in [-0.4, -0.2) is 16.4 Å². The van der Waals surface area contributed by atoms with Crippen LogP contribution < -0.4 is 10.7 Å². The standard InChI is InChI=1S/C16H16BrN3OS/c1-10-4-3-5-14(11(10)2)19-16(22)20-18-9-12-8-13(17)6-7-15(12)21/h3-9,21H,1-2H3,(H2,19,20,22). The van der Waals surface area contributed by atoms with Crippen molar-refractivity contribution in [3.63, 3.8) is 0 Å². The van der Waals surface area contributed by atoms with Crippen LogP contribution in [0.5, 0.6) is 5.75 Å². The summed E-state index contributed by atoms with van der Waals surface area (Å²) in [5, 5.41) is 17.2. The molecule has 0 atom stereocenters. The van der Waals surface area contributed by atoms with E-state index in [2.05, 4.69) is 31.8 Å². The average Bonchev–Trinajstić information content (AvgIpc) is 2.47. The van der Waals surface area contributed by atoms with E-state index in [0.29, 0.717) is 10.7 Å². The van der Waals surface area contributed by atoms with Crippen LogP contribution in [0, 0.1) is 13.8 Å². The second-order valence-electron chi connectivity index (χ2n) is 4.77. The minimum Gasteiger partial charge on any atom is -0.507 e. The van der Waals surface area contributed by atoms with Crippen LogP contribution in [0.25, 0.3) is 0 Å². The third kappa shape index (κ3) is 4.29. The van der Waals surface area contributed by atoms with Crippen molar-refractivity contribution >= 4 is 45.2 Å². The topological polar surface area (TPSA) is 56.7 Å². The zero-order chi connectivity index (χ0) is 16.1. The van der Waals surface area contributed by atoms with Gasteiger partial charge in [0.2, 0.25) is 0 Å². The van der Waals surface area contributed by atoms with Gasteiger partial charge in [0.05, 0.1) is 6.21 Å². The van der Waals surface area contributed by atoms with Gasteiger partial charge in [0.1, 0.15) is 5.75 Å². The Morgan fingerprint density at radius 2 is 2.05 bits per heavy atom. The first-order chi connectivity index (χ1) is 10.5. The van der Waals surface area contributed by atoms with E-state index in [4.69, 9.17) is 12.2 Å². The first-order valence-corrected chi connectivity index (χ1v) is 7.82. The summed E-state index contributed by atoms with van der Waals surface area (Å²) in [4.78, 5) is 0. The number of hydrazone groups is 1. The van der Waals surface area contributed by atoms with E-state index in [1.165, 1.54) is 11.8 Å². The van der Waals surface area contributed by atoms with Crippen LogP contribution in [0.1, 0.15) is 16.7 Å². The third-order valence-corrected chi connectivity index (χ3v) is 3.90. The molecule has 2 aromatic carbocycles. The SMILES string of the molecule is Cc1cccc(NC(=S)NN=Cc2cc(Br)ccc2O)c1C. The van der Waals surface area contributed by atoms with Gasteiger partial charge in [-0.05, 0) is 61.5 Å². The number of halogens is 1. The van der Waals surface area contributed by atoms with Crippen LogP contribution >= 0.6 is 28.1 Å². The molecule has 0 aliphatic heterocycles. The molecule has 0 heterocycles. The summed E-state index contributed by atoms with van der Waals surface area (Å²) in [5.74, 6) is 0.155. The third-order valence-electron chi connectivity index (χ3n) is 3.21. The van der Waals surface area contributed by atoms with E-state index in [9.17, 15) is 5.11 Å². The molecule has 114 valence electrons. The number of nitrogens with one attached hydrogen (secondary N) is 2. The summed E-state index contributed by atoms with van der Waals surface area (Å²) in [6.07, 6.45) is 1.51. The second-order valence-corrected chi connectivity index (χ2v) is 6.10. The summed E-state index contributed by atoms with van der Waals surface area (Å²) < 4.78 is 0.864. The molecule has 3 N–H and O–H groups in total. The number of phenolic OH excluding ortho intramolecular Hbond substituents is 1. The van der Waals surface area contributed by atoms with Crippen molar-refractivity contribution in [1.29, 1.82) is 0 Å². The molecular weight excluding hydrogens is 362 g/mol. The van der Waals surface area contributed by atoms with Gasteiger partial charge in [-0.15, -0.1) is 0 Å². The number of thiocarbonyl (C=S) groups is 1. The van der Waals surface area contributed by atoms with E-state index in [0.717, 1.165) is 15.7 Å². The lowest BCUT2D eigenvalue weighted by Gasteiger charge is -2.11. The van der Waals surface area contributed by atoms with Gasteiger partial charge in [0.25, 0.3) is 0 Å². The second kappa shape index (κ2) is 7.38. The van der Waals surface area contributed by atoms with E-state index >= 15 is 0 Å². The van der Waals surface area contributed by atoms with Crippen LogP contribution in [0.4, 0.5) is 5.69 Å². The Kier molecular flexibility index (Phi) is 5.51. The summed E-state index contributed by atoms with van der Waals surface area (Å²) >= 11 is 8.55. The number of rotatable bonds is 3. The van der Waals surface area contributed by atoms with Gasteiger partial charge in [0.15, 0.2) is 5.11 Å². The summed E-state index contributed by atoms with van der Waals surface area (Å²) in [5.41, 5.74) is 6.60. The molecule has 0 aliphatic carbocycles. The van der Waals surface area contributed by atoms with Gasteiger partial charge >= 0.3 is 0 Å². The maximum Gasteiger partial charge on any atom is 0.191 e. The monoisotopic (exact) mass is 377 g/mol. The largest absolute Gasteiger partial charge is 0.507 e. The van der Waals surface area contributed by atoms with E-state index in [1.54, 1.807) is 18.2 Å². The molecule has 0 fully saturated rings. The highest BCUT2D eigenvalue weighted by Crippen LogP contribution is 2.20. The summed E-state index contributed by atoms with van der Waals surface area (Å²) in [7, 11) is 0. The van der Waals surface area contributed by atoms with Gasteiger partial charge in [-0.3, -0.25) is 5.43 Å². The molecule has 0 spiro atoms. The van der Waals surface area contributed by atoms with Crippen LogP contribution in [0.3, 0.4) is 0 Å². The Morgan fingerprint density at radius 3 is 2.82 bits per heavy atom. The number of hydrogen-bond acceptors (Lipinski definition) is 3. The highest BCUT2D eigenvalue weighted by molar-refractivity contribution is 9.10. The number of aromatic hydroxyl groups is 1. The molecule has 0 unspecified atom stereocenters. The van der Waals surface area contributed by atoms with Crippen molar-refractivity contribution in [1.82, 2.24) is 5.43 Å². The minimum atomic E-state index is 0.155. The van der Waals surface area contributed by atoms with Crippen molar-refractivity contribution < 1.29 is 5.11 Å². The fourth-order valence-corrected chi connectivity index (χ4v) is 2.37. The van der Waals surface area contributed by atoms with Gasteiger partial charge in [-0.2, -0.15) is 5.10 Å². The number of nitrogens with zero attached hydrogens (tertiary/aromatic N) is 1. The van der Waals surface area contributed by atoms with Crippen molar-refractivity contribution in [3.8, 4) is 5.75 Å². The molecule has 0 amide bonds. The Bertz CT molecular complexity index is 731. The number of benzene rings is 2. The lowest BCUT2D eigenvalue weighted by molar-refractivity contribution is 0.474. The van der Waals surface area contributed by atoms with Crippen molar-refractivity contribution in [2.75, 3.05) is 5.32 Å². The lowest BCUT2D eigenvalue weighted by Crippen LogP contribution is -2.24. The van der Waals surface area contributed by atoms with Crippen LogP contribution in [0.15, 0.2) is 46.0 Å². The minimum absolute atomic E-state index is 0.155. The zero-order valence-electron chi connectivity index (χ0n) is 12.2. The highest BCUT2D eigenvalue weighted by Gasteiger charge is 2.02. The highest BCUT2D eigenvalue weighted by atomic mass is 79.9. The smallest absolute Gasteiger partial charge is 0.191 e. The van der Waals surface area contributed by atoms with Crippen LogP contribution in [0.2, 0.25) is 0 Å². The first-order valence-electron chi connectivity index (χ1n) is 6.62. The number of aryl methyl sites for hydroxylation is 1. The van der Waals surface area contributed by atoms with Gasteiger partial charge in [-0.25, -0.2) is 0 Å². The van der Waals surface area contributed by atoms with E-state index in [1.807, 2.05) is 32.0 Å². The molecule has 0 saturated heterocycles. The average molecular weight is 378 g/mol. The molecule has 0 aliphatic rings. The summed E-state index contributed by atoms with van der Waals surface area (Å²) in [6.45, 7) is 4.08. The molecule has 2 aromatic rings. The van der Waals surface area contributed by atoms with Gasteiger partial charge in [0, 0.05) is 15.7 Å². The van der Waals surface area contributed by atoms with Gasteiger partial charge in [-0.1, -0.05) is 28.1 Å². The maximum absolute atomic E-state index is 9.71. The van der Waals surface area contributed by atoms with E-state index < -0.39 is 0 Å². The predicted molar refractivity (Wildman–Crippen MR) is 98.7 cm³/mol. The van der Waals surface area contributed by atoms with Crippen molar-refractivity contribution in [2.45, 2.75) is 13.8 Å². The van der Waals surface area contributed by atoms with Crippen LogP contribution in [-0.2, 0) is 0 Å². The fourth-order valence-electron chi connectivity index (χ4n) is 1.83. The Morgan fingerprint density at radius 1 is 1.27 bits per heavy atom. The first kappa shape index (κ1) is 16.5. The Labute approximate surface area is 143 Å². The molecule has 0 aromatic heterocycles. The molecule has 22 heavy (non-hydrogen) atoms. The Balaban J connectivity index is 1.99. The molecule has 4 nitrogen and oxygen atoms in total. The molecular formula is C16H16BrN3OS. The predicted octanol–water partition coefficient (Wildman–Crippen LogP) is 4.09. The van der Waals surface area contributed by atoms with E-state index in [-0.39, 0.29) is 5.75 Å². The maximum atomic E-state index is 9.71. The quantitative estimate of drug-likeness (QED) is 0.428. The lowest BCUT2D eigenvalue weighted by atomic mass is 10.1. The zero-order valence-corrected chi connectivity index (χ0v) is 14.6. The molecule has 0 radical (unpaired) electrons. The number of phenols is 1. The Hall–Kier alpha value is -1.92. The molecule has 2 rings (SSSR count). The van der Waals surface area contributed by atoms with Gasteiger partial charge < -0.3 is 10.4 Å². The summed E-state index contributed by atoms with van der Waals surface area (Å²) in [6, 6.07) is 11.1. The molecule has 0 saturated carbocycles. The molecule has 6 heteroatoms. The number of anilines is 1.